The highest BCUT2D eigenvalue weighted by Crippen LogP contribution is 2.38. The van der Waals surface area contributed by atoms with E-state index in [0.717, 1.165) is 21.7 Å². The smallest absolute Gasteiger partial charge is 0.204 e. The summed E-state index contributed by atoms with van der Waals surface area (Å²) in [7, 11) is 0.905. The molecule has 0 atom stereocenters. The second-order valence-corrected chi connectivity index (χ2v) is 5.40. The number of rotatable bonds is 6. The fraction of sp³-hybridized carbons (Fsp3) is 0.250. The molecule has 106 valence electrons. The second kappa shape index (κ2) is 7.00. The summed E-state index contributed by atoms with van der Waals surface area (Å²) in [5.74, 6) is 3.00. The average molecular weight is 288 g/mol. The Morgan fingerprint density at radius 3 is 2.15 bits per heavy atom. The van der Waals surface area contributed by atoms with Crippen molar-refractivity contribution in [3.05, 3.63) is 42.5 Å². The van der Waals surface area contributed by atoms with Crippen LogP contribution < -0.4 is 19.4 Å². The Morgan fingerprint density at radius 2 is 1.50 bits per heavy atom. The molecule has 0 N–H and O–H groups in total. The highest BCUT2D eigenvalue weighted by atomic mass is 28.1. The molecular weight excluding hydrogens is 268 g/mol. The molecule has 0 saturated heterocycles. The summed E-state index contributed by atoms with van der Waals surface area (Å²) in [6.07, 6.45) is 0. The first kappa shape index (κ1) is 14.5. The molecule has 0 aliphatic carbocycles. The largest absolute Gasteiger partial charge is 0.490 e. The Hall–Kier alpha value is -1.94. The van der Waals surface area contributed by atoms with Crippen LogP contribution in [0.2, 0.25) is 0 Å². The van der Waals surface area contributed by atoms with Crippen LogP contribution in [0.1, 0.15) is 13.8 Å². The van der Waals surface area contributed by atoms with Crippen LogP contribution in [-0.4, -0.2) is 23.5 Å². The van der Waals surface area contributed by atoms with E-state index in [9.17, 15) is 0 Å². The second-order valence-electron chi connectivity index (χ2n) is 4.32. The summed E-state index contributed by atoms with van der Waals surface area (Å²) in [6.45, 7) is 5.13. The minimum Gasteiger partial charge on any atom is -0.490 e. The topological polar surface area (TPSA) is 27.7 Å². The Kier molecular flexibility index (Phi) is 5.07. The molecule has 2 aromatic rings. The lowest BCUT2D eigenvalue weighted by Crippen LogP contribution is -2.12. The highest BCUT2D eigenvalue weighted by molar-refractivity contribution is 6.34. The van der Waals surface area contributed by atoms with Crippen molar-refractivity contribution in [2.45, 2.75) is 13.8 Å². The number of para-hydroxylation sites is 1. The van der Waals surface area contributed by atoms with Crippen LogP contribution >= 0.6 is 0 Å². The zero-order valence-corrected chi connectivity index (χ0v) is 14.2. The molecule has 20 heavy (non-hydrogen) atoms. The van der Waals surface area contributed by atoms with Crippen LogP contribution in [0.3, 0.4) is 0 Å². The van der Waals surface area contributed by atoms with Gasteiger partial charge in [0.2, 0.25) is 5.75 Å². The van der Waals surface area contributed by atoms with Gasteiger partial charge in [0.25, 0.3) is 0 Å². The molecule has 0 amide bonds. The third-order valence-corrected chi connectivity index (χ3v) is 3.61. The van der Waals surface area contributed by atoms with Crippen molar-refractivity contribution in [2.24, 2.45) is 0 Å². The van der Waals surface area contributed by atoms with E-state index < -0.39 is 0 Å². The molecule has 2 rings (SSSR count). The van der Waals surface area contributed by atoms with Gasteiger partial charge in [0.1, 0.15) is 5.75 Å². The maximum Gasteiger partial charge on any atom is 0.204 e. The standard InChI is InChI=1S/C16H20O3Si/c1-3-17-15-13(19-12-8-6-5-7-9-12)10-11-14(20)16(15)18-4-2/h5-11H,3-4H2,1-2,20H3. The van der Waals surface area contributed by atoms with Gasteiger partial charge in [-0.3, -0.25) is 0 Å². The van der Waals surface area contributed by atoms with Crippen molar-refractivity contribution in [1.29, 1.82) is 0 Å². The van der Waals surface area contributed by atoms with Gasteiger partial charge in [0.05, 0.1) is 13.2 Å². The van der Waals surface area contributed by atoms with Crippen LogP contribution in [0, 0.1) is 0 Å². The molecule has 2 aromatic carbocycles. The molecule has 0 aromatic heterocycles. The Bertz CT molecular complexity index is 555. The molecule has 0 spiro atoms. The SMILES string of the molecule is CCOc1c([SiH3])ccc(Oc2ccccc2)c1OCC. The molecular formula is C16H20O3Si. The van der Waals surface area contributed by atoms with E-state index in [0.29, 0.717) is 24.7 Å². The van der Waals surface area contributed by atoms with Crippen molar-refractivity contribution >= 4 is 15.4 Å². The minimum absolute atomic E-state index is 0.580. The summed E-state index contributed by atoms with van der Waals surface area (Å²) >= 11 is 0. The molecule has 0 heterocycles. The third kappa shape index (κ3) is 3.33. The van der Waals surface area contributed by atoms with E-state index in [2.05, 4.69) is 0 Å². The summed E-state index contributed by atoms with van der Waals surface area (Å²) in [5, 5.41) is 1.18. The zero-order valence-electron chi connectivity index (χ0n) is 12.2. The van der Waals surface area contributed by atoms with Crippen molar-refractivity contribution in [1.82, 2.24) is 0 Å². The number of ether oxygens (including phenoxy) is 3. The highest BCUT2D eigenvalue weighted by Gasteiger charge is 2.15. The number of hydrogen-bond acceptors (Lipinski definition) is 3. The number of hydrogen-bond donors (Lipinski definition) is 0. The molecule has 0 radical (unpaired) electrons. The van der Waals surface area contributed by atoms with E-state index in [1.165, 1.54) is 5.19 Å². The summed E-state index contributed by atoms with van der Waals surface area (Å²) in [6, 6.07) is 13.7. The first-order valence-electron chi connectivity index (χ1n) is 6.88. The van der Waals surface area contributed by atoms with Crippen LogP contribution in [0.4, 0.5) is 0 Å². The van der Waals surface area contributed by atoms with Gasteiger partial charge >= 0.3 is 0 Å². The number of benzene rings is 2. The van der Waals surface area contributed by atoms with Gasteiger partial charge in [-0.05, 0) is 37.2 Å². The van der Waals surface area contributed by atoms with E-state index in [1.807, 2.05) is 56.3 Å². The molecule has 0 saturated carbocycles. The normalized spacial score (nSPS) is 10.3. The van der Waals surface area contributed by atoms with E-state index in [1.54, 1.807) is 0 Å². The van der Waals surface area contributed by atoms with Crippen molar-refractivity contribution in [3.63, 3.8) is 0 Å². The van der Waals surface area contributed by atoms with Crippen LogP contribution in [-0.2, 0) is 0 Å². The molecule has 0 aliphatic rings. The summed E-state index contributed by atoms with van der Waals surface area (Å²) in [5.41, 5.74) is 0. The Morgan fingerprint density at radius 1 is 0.850 bits per heavy atom. The summed E-state index contributed by atoms with van der Waals surface area (Å²) < 4.78 is 17.4. The fourth-order valence-corrected chi connectivity index (χ4v) is 2.48. The quantitative estimate of drug-likeness (QED) is 0.763. The molecule has 0 bridgehead atoms. The predicted molar refractivity (Wildman–Crippen MR) is 84.9 cm³/mol. The summed E-state index contributed by atoms with van der Waals surface area (Å²) in [4.78, 5) is 0. The maximum absolute atomic E-state index is 5.91. The van der Waals surface area contributed by atoms with Gasteiger partial charge in [0.15, 0.2) is 11.5 Å². The van der Waals surface area contributed by atoms with E-state index in [-0.39, 0.29) is 0 Å². The Balaban J connectivity index is 2.38. The van der Waals surface area contributed by atoms with Gasteiger partial charge < -0.3 is 14.2 Å². The van der Waals surface area contributed by atoms with Crippen molar-refractivity contribution < 1.29 is 14.2 Å². The lowest BCUT2D eigenvalue weighted by molar-refractivity contribution is 0.279. The van der Waals surface area contributed by atoms with Crippen molar-refractivity contribution in [3.8, 4) is 23.0 Å². The first-order valence-corrected chi connectivity index (χ1v) is 7.88. The van der Waals surface area contributed by atoms with Crippen LogP contribution in [0.5, 0.6) is 23.0 Å². The van der Waals surface area contributed by atoms with Gasteiger partial charge in [-0.25, -0.2) is 0 Å². The monoisotopic (exact) mass is 288 g/mol. The molecule has 3 nitrogen and oxygen atoms in total. The van der Waals surface area contributed by atoms with Crippen LogP contribution in [0.15, 0.2) is 42.5 Å². The lowest BCUT2D eigenvalue weighted by atomic mass is 10.2. The predicted octanol–water partition coefficient (Wildman–Crippen LogP) is 2.27. The van der Waals surface area contributed by atoms with Gasteiger partial charge in [-0.1, -0.05) is 24.3 Å². The van der Waals surface area contributed by atoms with Gasteiger partial charge in [-0.15, -0.1) is 0 Å². The lowest BCUT2D eigenvalue weighted by Gasteiger charge is -2.17. The average Bonchev–Trinajstić information content (AvgIpc) is 2.47. The van der Waals surface area contributed by atoms with Gasteiger partial charge in [0, 0.05) is 10.2 Å². The van der Waals surface area contributed by atoms with E-state index >= 15 is 0 Å². The minimum atomic E-state index is 0.580. The maximum atomic E-state index is 5.91. The van der Waals surface area contributed by atoms with E-state index in [4.69, 9.17) is 14.2 Å². The van der Waals surface area contributed by atoms with Crippen LogP contribution in [0.25, 0.3) is 0 Å². The zero-order chi connectivity index (χ0) is 14.4. The first-order chi connectivity index (χ1) is 9.76. The molecule has 0 fully saturated rings. The van der Waals surface area contributed by atoms with Crippen molar-refractivity contribution in [2.75, 3.05) is 13.2 Å². The Labute approximate surface area is 122 Å². The molecule has 0 unspecified atom stereocenters. The fourth-order valence-electron chi connectivity index (χ4n) is 1.94. The third-order valence-electron chi connectivity index (χ3n) is 2.82. The molecule has 0 aliphatic heterocycles. The molecule has 4 heteroatoms. The van der Waals surface area contributed by atoms with Gasteiger partial charge in [-0.2, -0.15) is 0 Å².